The summed E-state index contributed by atoms with van der Waals surface area (Å²) in [7, 11) is 0. The Hall–Kier alpha value is -0.320. The molecule has 3 atom stereocenters. The second kappa shape index (κ2) is 15.7. The Bertz CT molecular complexity index is 169. The fourth-order valence-corrected chi connectivity index (χ4v) is 0.842. The van der Waals surface area contributed by atoms with Gasteiger partial charge in [-0.1, -0.05) is 0 Å². The van der Waals surface area contributed by atoms with Gasteiger partial charge in [0.05, 0.1) is 39.6 Å². The average Bonchev–Trinajstić information content (AvgIpc) is 2.42. The van der Waals surface area contributed by atoms with Crippen LogP contribution < -0.4 is 0 Å². The Morgan fingerprint density at radius 2 is 1.26 bits per heavy atom. The standard InChI is InChI=1S/C9H20O7.C2H6O/c10-1-7(13)4-15-6-9(3-12)16-5-8(14)2-11;1-2-3/h7-14H,1-6H2;3H,2H2,1H3. The molecule has 0 saturated heterocycles. The quantitative estimate of drug-likeness (QED) is 0.251. The Morgan fingerprint density at radius 1 is 0.789 bits per heavy atom. The monoisotopic (exact) mass is 286 g/mol. The van der Waals surface area contributed by atoms with Gasteiger partial charge in [0, 0.05) is 6.61 Å². The lowest BCUT2D eigenvalue weighted by Crippen LogP contribution is -2.31. The molecular weight excluding hydrogens is 260 g/mol. The van der Waals surface area contributed by atoms with Crippen LogP contribution in [0.3, 0.4) is 0 Å². The van der Waals surface area contributed by atoms with Crippen molar-refractivity contribution in [2.45, 2.75) is 25.2 Å². The molecule has 6 N–H and O–H groups in total. The Kier molecular flexibility index (Phi) is 17.4. The molecule has 0 spiro atoms. The van der Waals surface area contributed by atoms with E-state index in [0.717, 1.165) is 0 Å². The Balaban J connectivity index is 0. The molecule has 8 nitrogen and oxygen atoms in total. The molecule has 0 bridgehead atoms. The molecule has 0 rings (SSSR count). The minimum atomic E-state index is -0.989. The maximum atomic E-state index is 8.98. The summed E-state index contributed by atoms with van der Waals surface area (Å²) in [5.41, 5.74) is 0. The van der Waals surface area contributed by atoms with Crippen LogP contribution in [0.1, 0.15) is 6.92 Å². The van der Waals surface area contributed by atoms with Gasteiger partial charge < -0.3 is 40.1 Å². The molecule has 0 aromatic heterocycles. The number of rotatable bonds is 10. The third kappa shape index (κ3) is 15.6. The lowest BCUT2D eigenvalue weighted by Gasteiger charge is -2.18. The van der Waals surface area contributed by atoms with E-state index in [0.29, 0.717) is 0 Å². The summed E-state index contributed by atoms with van der Waals surface area (Å²) in [6, 6.07) is 0. The number of aliphatic hydroxyl groups excluding tert-OH is 6. The van der Waals surface area contributed by atoms with Crippen molar-refractivity contribution in [3.05, 3.63) is 0 Å². The molecule has 0 saturated carbocycles. The van der Waals surface area contributed by atoms with E-state index >= 15 is 0 Å². The molecule has 3 unspecified atom stereocenters. The molecule has 0 fully saturated rings. The zero-order valence-electron chi connectivity index (χ0n) is 11.2. The predicted octanol–water partition coefficient (Wildman–Crippen LogP) is -2.91. The predicted molar refractivity (Wildman–Crippen MR) is 66.6 cm³/mol. The number of ether oxygens (including phenoxy) is 2. The first kappa shape index (κ1) is 21.0. The third-order valence-corrected chi connectivity index (χ3v) is 1.76. The lowest BCUT2D eigenvalue weighted by atomic mass is 10.3. The fraction of sp³-hybridized carbons (Fsp3) is 1.00. The van der Waals surface area contributed by atoms with Crippen LogP contribution in [0.5, 0.6) is 0 Å². The fourth-order valence-electron chi connectivity index (χ4n) is 0.842. The smallest absolute Gasteiger partial charge is 0.104 e. The number of hydrogen-bond donors (Lipinski definition) is 6. The molecule has 0 aliphatic carbocycles. The molecule has 0 aliphatic rings. The highest BCUT2D eigenvalue weighted by Crippen LogP contribution is 1.96. The van der Waals surface area contributed by atoms with Gasteiger partial charge in [0.1, 0.15) is 18.3 Å². The molecule has 8 heteroatoms. The topological polar surface area (TPSA) is 140 Å². The van der Waals surface area contributed by atoms with Crippen molar-refractivity contribution in [3.63, 3.8) is 0 Å². The first-order valence-electron chi connectivity index (χ1n) is 6.04. The van der Waals surface area contributed by atoms with Crippen molar-refractivity contribution in [1.82, 2.24) is 0 Å². The zero-order chi connectivity index (χ0) is 15.1. The first-order valence-corrected chi connectivity index (χ1v) is 6.04. The van der Waals surface area contributed by atoms with Crippen LogP contribution in [0.25, 0.3) is 0 Å². The van der Waals surface area contributed by atoms with Crippen LogP contribution in [-0.4, -0.2) is 95.2 Å². The zero-order valence-corrected chi connectivity index (χ0v) is 11.2. The Morgan fingerprint density at radius 3 is 1.68 bits per heavy atom. The van der Waals surface area contributed by atoms with E-state index in [-0.39, 0.29) is 33.0 Å². The molecule has 0 aromatic rings. The molecular formula is C11H26O8. The Labute approximate surface area is 112 Å². The summed E-state index contributed by atoms with van der Waals surface area (Å²) < 4.78 is 10.00. The SMILES string of the molecule is CCO.OCC(O)COCC(CO)OCC(O)CO. The van der Waals surface area contributed by atoms with Crippen LogP contribution in [0.4, 0.5) is 0 Å². The van der Waals surface area contributed by atoms with Gasteiger partial charge in [-0.3, -0.25) is 0 Å². The summed E-state index contributed by atoms with van der Waals surface area (Å²) in [5.74, 6) is 0. The van der Waals surface area contributed by atoms with Crippen LogP contribution in [-0.2, 0) is 9.47 Å². The number of aliphatic hydroxyl groups is 6. The van der Waals surface area contributed by atoms with Crippen molar-refractivity contribution >= 4 is 0 Å². The normalized spacial score (nSPS) is 15.3. The average molecular weight is 286 g/mol. The van der Waals surface area contributed by atoms with Gasteiger partial charge in [0.25, 0.3) is 0 Å². The van der Waals surface area contributed by atoms with Crippen molar-refractivity contribution < 1.29 is 40.1 Å². The van der Waals surface area contributed by atoms with Crippen LogP contribution >= 0.6 is 0 Å². The van der Waals surface area contributed by atoms with Gasteiger partial charge in [-0.25, -0.2) is 0 Å². The van der Waals surface area contributed by atoms with Crippen LogP contribution in [0.2, 0.25) is 0 Å². The summed E-state index contributed by atoms with van der Waals surface area (Å²) in [6.45, 7) is 0.696. The second-order valence-electron chi connectivity index (χ2n) is 3.66. The van der Waals surface area contributed by atoms with E-state index in [9.17, 15) is 0 Å². The van der Waals surface area contributed by atoms with E-state index in [1.807, 2.05) is 0 Å². The minimum absolute atomic E-state index is 0.0334. The minimum Gasteiger partial charge on any atom is -0.397 e. The van der Waals surface area contributed by atoms with Gasteiger partial charge in [-0.05, 0) is 6.92 Å². The van der Waals surface area contributed by atoms with Gasteiger partial charge >= 0.3 is 0 Å². The van der Waals surface area contributed by atoms with E-state index < -0.39 is 31.5 Å². The number of hydrogen-bond acceptors (Lipinski definition) is 8. The van der Waals surface area contributed by atoms with Crippen LogP contribution in [0, 0.1) is 0 Å². The highest BCUT2D eigenvalue weighted by Gasteiger charge is 2.12. The van der Waals surface area contributed by atoms with Crippen molar-refractivity contribution in [2.24, 2.45) is 0 Å². The van der Waals surface area contributed by atoms with E-state index in [1.54, 1.807) is 6.92 Å². The molecule has 19 heavy (non-hydrogen) atoms. The molecule has 0 aliphatic heterocycles. The van der Waals surface area contributed by atoms with Gasteiger partial charge in [-0.2, -0.15) is 0 Å². The van der Waals surface area contributed by atoms with E-state index in [4.69, 9.17) is 40.1 Å². The lowest BCUT2D eigenvalue weighted by molar-refractivity contribution is -0.0876. The van der Waals surface area contributed by atoms with Crippen molar-refractivity contribution in [2.75, 3.05) is 46.2 Å². The van der Waals surface area contributed by atoms with Gasteiger partial charge in [-0.15, -0.1) is 0 Å². The second-order valence-corrected chi connectivity index (χ2v) is 3.66. The maximum Gasteiger partial charge on any atom is 0.104 e. The molecule has 0 radical (unpaired) electrons. The van der Waals surface area contributed by atoms with Crippen LogP contribution in [0.15, 0.2) is 0 Å². The van der Waals surface area contributed by atoms with Crippen molar-refractivity contribution in [3.8, 4) is 0 Å². The highest BCUT2D eigenvalue weighted by molar-refractivity contribution is 4.58. The largest absolute Gasteiger partial charge is 0.397 e. The highest BCUT2D eigenvalue weighted by atomic mass is 16.5. The van der Waals surface area contributed by atoms with Gasteiger partial charge in [0.2, 0.25) is 0 Å². The maximum absolute atomic E-state index is 8.98. The summed E-state index contributed by atoms with van der Waals surface area (Å²) in [4.78, 5) is 0. The van der Waals surface area contributed by atoms with E-state index in [2.05, 4.69) is 0 Å². The third-order valence-electron chi connectivity index (χ3n) is 1.76. The summed E-state index contributed by atoms with van der Waals surface area (Å²) in [5, 5.41) is 51.4. The molecule has 0 amide bonds. The van der Waals surface area contributed by atoms with E-state index in [1.165, 1.54) is 0 Å². The van der Waals surface area contributed by atoms with Crippen molar-refractivity contribution in [1.29, 1.82) is 0 Å². The van der Waals surface area contributed by atoms with Gasteiger partial charge in [0.15, 0.2) is 0 Å². The summed E-state index contributed by atoms with van der Waals surface area (Å²) in [6.07, 6.45) is -2.58. The summed E-state index contributed by atoms with van der Waals surface area (Å²) >= 11 is 0. The molecule has 0 aromatic carbocycles. The molecule has 0 heterocycles. The first-order chi connectivity index (χ1) is 9.05. The molecule has 118 valence electrons.